The maximum Gasteiger partial charge on any atom is 0.222 e. The third kappa shape index (κ3) is 3.02. The zero-order valence-corrected chi connectivity index (χ0v) is 14.5. The molecule has 0 saturated carbocycles. The molecular formula is C19H19N5O3. The van der Waals surface area contributed by atoms with Crippen molar-refractivity contribution in [1.29, 1.82) is 5.26 Å². The first-order chi connectivity index (χ1) is 13.1. The van der Waals surface area contributed by atoms with E-state index in [9.17, 15) is 10.4 Å². The van der Waals surface area contributed by atoms with Gasteiger partial charge in [0.1, 0.15) is 24.0 Å². The molecule has 2 aromatic heterocycles. The lowest BCUT2D eigenvalue weighted by atomic mass is 9.94. The van der Waals surface area contributed by atoms with Gasteiger partial charge in [0.25, 0.3) is 0 Å². The minimum atomic E-state index is -1.53. The summed E-state index contributed by atoms with van der Waals surface area (Å²) in [6.07, 6.45) is 0.171. The van der Waals surface area contributed by atoms with Gasteiger partial charge in [-0.05, 0) is 17.7 Å². The lowest BCUT2D eigenvalue weighted by Gasteiger charge is -2.24. The summed E-state index contributed by atoms with van der Waals surface area (Å²) in [5.74, 6) is 0.291. The highest BCUT2D eigenvalue weighted by Gasteiger charge is 2.52. The Morgan fingerprint density at radius 2 is 2.15 bits per heavy atom. The predicted molar refractivity (Wildman–Crippen MR) is 96.3 cm³/mol. The van der Waals surface area contributed by atoms with E-state index in [-0.39, 0.29) is 13.0 Å². The Labute approximate surface area is 155 Å². The summed E-state index contributed by atoms with van der Waals surface area (Å²) >= 11 is 0. The Bertz CT molecular complexity index is 984. The van der Waals surface area contributed by atoms with Gasteiger partial charge < -0.3 is 20.3 Å². The monoisotopic (exact) mass is 365 g/mol. The number of nitrogen functional groups attached to an aromatic ring is 1. The minimum Gasteiger partial charge on any atom is -0.388 e. The van der Waals surface area contributed by atoms with E-state index in [0.29, 0.717) is 23.6 Å². The van der Waals surface area contributed by atoms with Crippen LogP contribution in [0.15, 0.2) is 48.8 Å². The van der Waals surface area contributed by atoms with Gasteiger partial charge in [-0.1, -0.05) is 30.3 Å². The van der Waals surface area contributed by atoms with Crippen molar-refractivity contribution in [2.45, 2.75) is 30.8 Å². The number of aliphatic hydroxyl groups excluding tert-OH is 1. The van der Waals surface area contributed by atoms with Crippen molar-refractivity contribution in [3.8, 4) is 6.07 Å². The largest absolute Gasteiger partial charge is 0.388 e. The third-order valence-corrected chi connectivity index (χ3v) is 4.75. The number of nitriles is 1. The zero-order valence-electron chi connectivity index (χ0n) is 14.5. The molecule has 1 aromatic carbocycles. The van der Waals surface area contributed by atoms with Gasteiger partial charge in [-0.25, -0.2) is 9.50 Å². The number of fused-ring (bicyclic) bond motifs is 1. The van der Waals surface area contributed by atoms with Gasteiger partial charge in [0, 0.05) is 6.42 Å². The van der Waals surface area contributed by atoms with Crippen molar-refractivity contribution in [3.63, 3.8) is 0 Å². The second-order valence-electron chi connectivity index (χ2n) is 6.50. The van der Waals surface area contributed by atoms with E-state index in [2.05, 4.69) is 16.2 Å². The van der Waals surface area contributed by atoms with Crippen LogP contribution in [0.2, 0.25) is 0 Å². The third-order valence-electron chi connectivity index (χ3n) is 4.75. The summed E-state index contributed by atoms with van der Waals surface area (Å²) < 4.78 is 13.2. The molecule has 0 radical (unpaired) electrons. The minimum absolute atomic E-state index is 0.274. The van der Waals surface area contributed by atoms with Crippen LogP contribution in [0.1, 0.15) is 17.7 Å². The number of aliphatic hydroxyl groups is 1. The summed E-state index contributed by atoms with van der Waals surface area (Å²) in [6, 6.07) is 15.3. The Balaban J connectivity index is 1.53. The maximum absolute atomic E-state index is 10.6. The summed E-state index contributed by atoms with van der Waals surface area (Å²) in [7, 11) is 0. The number of hydrogen-bond donors (Lipinski definition) is 2. The molecule has 27 heavy (non-hydrogen) atoms. The molecule has 8 nitrogen and oxygen atoms in total. The number of ether oxygens (including phenoxy) is 2. The predicted octanol–water partition coefficient (Wildman–Crippen LogP) is 1.40. The van der Waals surface area contributed by atoms with Gasteiger partial charge in [-0.3, -0.25) is 0 Å². The van der Waals surface area contributed by atoms with Gasteiger partial charge in [-0.2, -0.15) is 10.4 Å². The molecule has 0 amide bonds. The second kappa shape index (κ2) is 6.96. The first-order valence-electron chi connectivity index (χ1n) is 8.61. The molecule has 3 aromatic rings. The fraction of sp³-hybridized carbons (Fsp3) is 0.316. The van der Waals surface area contributed by atoms with E-state index in [1.54, 1.807) is 12.1 Å². The summed E-state index contributed by atoms with van der Waals surface area (Å²) in [6.45, 7) is 0.712. The second-order valence-corrected chi connectivity index (χ2v) is 6.50. The van der Waals surface area contributed by atoms with Crippen LogP contribution in [0, 0.1) is 11.3 Å². The molecule has 4 rings (SSSR count). The molecule has 8 heteroatoms. The average molecular weight is 365 g/mol. The molecule has 0 aliphatic carbocycles. The van der Waals surface area contributed by atoms with E-state index < -0.39 is 17.8 Å². The zero-order chi connectivity index (χ0) is 18.9. The van der Waals surface area contributed by atoms with E-state index in [1.807, 2.05) is 30.3 Å². The number of nitrogens with zero attached hydrogens (tertiary/aromatic N) is 4. The Morgan fingerprint density at radius 1 is 1.33 bits per heavy atom. The molecule has 1 fully saturated rings. The SMILES string of the molecule is N#CC1(c2ccc3c(N)ncnn23)O[C@H](COCc2ccccc2)C[C@H]1O. The number of benzene rings is 1. The Hall–Kier alpha value is -2.99. The molecule has 0 bridgehead atoms. The van der Waals surface area contributed by atoms with Crippen LogP contribution < -0.4 is 5.73 Å². The molecule has 1 aliphatic heterocycles. The van der Waals surface area contributed by atoms with Crippen LogP contribution in [0.4, 0.5) is 5.82 Å². The van der Waals surface area contributed by atoms with Gasteiger partial charge in [0.05, 0.1) is 25.0 Å². The summed E-state index contributed by atoms with van der Waals surface area (Å²) in [5, 5.41) is 24.6. The molecule has 1 unspecified atom stereocenters. The number of aromatic nitrogens is 3. The first kappa shape index (κ1) is 17.4. The molecule has 3 N–H and O–H groups in total. The smallest absolute Gasteiger partial charge is 0.222 e. The van der Waals surface area contributed by atoms with Crippen molar-refractivity contribution >= 4 is 11.3 Å². The van der Waals surface area contributed by atoms with E-state index >= 15 is 0 Å². The summed E-state index contributed by atoms with van der Waals surface area (Å²) in [5.41, 5.74) is 6.35. The highest BCUT2D eigenvalue weighted by atomic mass is 16.6. The average Bonchev–Trinajstić information content (AvgIpc) is 3.25. The highest BCUT2D eigenvalue weighted by molar-refractivity contribution is 5.66. The molecule has 1 saturated heterocycles. The molecule has 0 spiro atoms. The van der Waals surface area contributed by atoms with Gasteiger partial charge in [0.2, 0.25) is 5.60 Å². The topological polar surface area (TPSA) is 119 Å². The van der Waals surface area contributed by atoms with Gasteiger partial charge in [-0.15, -0.1) is 0 Å². The first-order valence-corrected chi connectivity index (χ1v) is 8.61. The van der Waals surface area contributed by atoms with Crippen molar-refractivity contribution in [3.05, 3.63) is 60.0 Å². The fourth-order valence-electron chi connectivity index (χ4n) is 3.41. The van der Waals surface area contributed by atoms with Crippen LogP contribution in [-0.2, 0) is 21.7 Å². The van der Waals surface area contributed by atoms with Gasteiger partial charge in [0.15, 0.2) is 5.82 Å². The van der Waals surface area contributed by atoms with Crippen LogP contribution in [0.3, 0.4) is 0 Å². The highest BCUT2D eigenvalue weighted by Crippen LogP contribution is 2.40. The number of hydrogen-bond acceptors (Lipinski definition) is 7. The normalized spacial score (nSPS) is 24.9. The fourth-order valence-corrected chi connectivity index (χ4v) is 3.41. The van der Waals surface area contributed by atoms with E-state index in [1.165, 1.54) is 10.8 Å². The molecule has 3 heterocycles. The number of rotatable bonds is 5. The molecule has 1 aliphatic rings. The number of anilines is 1. The quantitative estimate of drug-likeness (QED) is 0.701. The van der Waals surface area contributed by atoms with Crippen molar-refractivity contribution in [1.82, 2.24) is 14.6 Å². The van der Waals surface area contributed by atoms with E-state index in [0.717, 1.165) is 5.56 Å². The van der Waals surface area contributed by atoms with Crippen molar-refractivity contribution < 1.29 is 14.6 Å². The van der Waals surface area contributed by atoms with E-state index in [4.69, 9.17) is 15.2 Å². The van der Waals surface area contributed by atoms with Crippen LogP contribution >= 0.6 is 0 Å². The van der Waals surface area contributed by atoms with Crippen molar-refractivity contribution in [2.75, 3.05) is 12.3 Å². The van der Waals surface area contributed by atoms with Crippen LogP contribution in [-0.4, -0.2) is 38.5 Å². The Morgan fingerprint density at radius 3 is 2.93 bits per heavy atom. The Kier molecular flexibility index (Phi) is 4.49. The van der Waals surface area contributed by atoms with Crippen LogP contribution in [0.5, 0.6) is 0 Å². The number of nitrogens with two attached hydrogens (primary N) is 1. The van der Waals surface area contributed by atoms with Crippen LogP contribution in [0.25, 0.3) is 5.52 Å². The standard InChI is InChI=1S/C19H19N5O3/c20-11-19(16-7-6-15-18(21)22-12-23-24(15)16)17(25)8-14(27-19)10-26-9-13-4-2-1-3-5-13/h1-7,12,14,17,25H,8-10H2,(H2,21,22,23)/t14-,17+,19?/m0/s1. The molecule has 3 atom stereocenters. The van der Waals surface area contributed by atoms with Gasteiger partial charge >= 0.3 is 0 Å². The lowest BCUT2D eigenvalue weighted by Crippen LogP contribution is -2.36. The summed E-state index contributed by atoms with van der Waals surface area (Å²) in [4.78, 5) is 3.94. The molecular weight excluding hydrogens is 346 g/mol. The lowest BCUT2D eigenvalue weighted by molar-refractivity contribution is -0.0749. The maximum atomic E-state index is 10.6. The van der Waals surface area contributed by atoms with Crippen molar-refractivity contribution in [2.24, 2.45) is 0 Å². The molecule has 138 valence electrons.